The highest BCUT2D eigenvalue weighted by Crippen LogP contribution is 2.37. The van der Waals surface area contributed by atoms with Crippen LogP contribution in [0.2, 0.25) is 0 Å². The maximum absolute atomic E-state index is 5.25. The maximum Gasteiger partial charge on any atom is 0.0716 e. The van der Waals surface area contributed by atoms with Crippen molar-refractivity contribution in [2.75, 3.05) is 0 Å². The van der Waals surface area contributed by atoms with Crippen LogP contribution in [0.4, 0.5) is 0 Å². The second-order valence-corrected chi connectivity index (χ2v) is 14.6. The van der Waals surface area contributed by atoms with E-state index in [0.29, 0.717) is 0 Å². The van der Waals surface area contributed by atoms with Gasteiger partial charge in [0.1, 0.15) is 0 Å². The highest BCUT2D eigenvalue weighted by Gasteiger charge is 2.14. The van der Waals surface area contributed by atoms with Crippen molar-refractivity contribution in [3.05, 3.63) is 231 Å². The summed E-state index contributed by atoms with van der Waals surface area (Å²) in [4.78, 5) is 10.4. The molecule has 0 bridgehead atoms. The fraction of sp³-hybridized carbons (Fsp3) is 0. The molecule has 2 heterocycles. The van der Waals surface area contributed by atoms with Gasteiger partial charge in [0.25, 0.3) is 0 Å². The normalized spacial score (nSPS) is 11.1. The molecule has 8 aromatic carbocycles. The highest BCUT2D eigenvalue weighted by molar-refractivity contribution is 5.99. The number of nitrogens with zero attached hydrogens (tertiary/aromatic N) is 2. The minimum atomic E-state index is 0.937. The minimum absolute atomic E-state index is 0.937. The van der Waals surface area contributed by atoms with Crippen molar-refractivity contribution in [2.45, 2.75) is 0 Å². The van der Waals surface area contributed by atoms with Gasteiger partial charge >= 0.3 is 0 Å². The smallest absolute Gasteiger partial charge is 0.0716 e. The molecule has 272 valence electrons. The van der Waals surface area contributed by atoms with E-state index in [4.69, 9.17) is 9.97 Å². The lowest BCUT2D eigenvalue weighted by Gasteiger charge is -2.14. The van der Waals surface area contributed by atoms with Crippen molar-refractivity contribution in [2.24, 2.45) is 0 Å². The molecule has 0 spiro atoms. The largest absolute Gasteiger partial charge is 0.248 e. The molecule has 10 aromatic rings. The second kappa shape index (κ2) is 15.5. The topological polar surface area (TPSA) is 25.8 Å². The Balaban J connectivity index is 1.07. The van der Waals surface area contributed by atoms with Crippen LogP contribution in [0.15, 0.2) is 231 Å². The van der Waals surface area contributed by atoms with Crippen molar-refractivity contribution < 1.29 is 0 Å². The molecule has 0 aliphatic rings. The van der Waals surface area contributed by atoms with Crippen molar-refractivity contribution >= 4 is 10.9 Å². The zero-order valence-corrected chi connectivity index (χ0v) is 31.8. The fourth-order valence-electron chi connectivity index (χ4n) is 7.79. The number of aromatic nitrogens is 2. The van der Waals surface area contributed by atoms with E-state index in [9.17, 15) is 0 Å². The zero-order valence-electron chi connectivity index (χ0n) is 31.8. The summed E-state index contributed by atoms with van der Waals surface area (Å²) in [6, 6.07) is 81.7. The number of hydrogen-bond acceptors (Lipinski definition) is 2. The van der Waals surface area contributed by atoms with E-state index in [1.54, 1.807) is 0 Å². The summed E-state index contributed by atoms with van der Waals surface area (Å²) >= 11 is 0. The van der Waals surface area contributed by atoms with Crippen LogP contribution >= 0.6 is 0 Å². The third kappa shape index (κ3) is 7.11. The van der Waals surface area contributed by atoms with Crippen LogP contribution in [0.3, 0.4) is 0 Å². The van der Waals surface area contributed by atoms with Crippen molar-refractivity contribution in [1.29, 1.82) is 0 Å². The summed E-state index contributed by atoms with van der Waals surface area (Å²) in [7, 11) is 0. The Morgan fingerprint density at radius 2 is 0.534 bits per heavy atom. The van der Waals surface area contributed by atoms with Crippen LogP contribution in [0.1, 0.15) is 0 Å². The first kappa shape index (κ1) is 34.8. The molecule has 10 rings (SSSR count). The van der Waals surface area contributed by atoms with E-state index in [1.807, 2.05) is 6.07 Å². The van der Waals surface area contributed by atoms with Gasteiger partial charge in [0, 0.05) is 22.1 Å². The second-order valence-electron chi connectivity index (χ2n) is 14.6. The molecular formula is C56H38N2. The molecule has 0 radical (unpaired) electrons. The van der Waals surface area contributed by atoms with Crippen molar-refractivity contribution in [3.63, 3.8) is 0 Å². The molecule has 0 aliphatic carbocycles. The lowest BCUT2D eigenvalue weighted by Crippen LogP contribution is -1.93. The molecule has 2 heteroatoms. The van der Waals surface area contributed by atoms with Gasteiger partial charge in [0.15, 0.2) is 0 Å². The number of hydrogen-bond donors (Lipinski definition) is 0. The monoisotopic (exact) mass is 738 g/mol. The molecule has 0 atom stereocenters. The Kier molecular flexibility index (Phi) is 9.27. The Bertz CT molecular complexity index is 2920. The van der Waals surface area contributed by atoms with Gasteiger partial charge in [-0.3, -0.25) is 0 Å². The van der Waals surface area contributed by atoms with Crippen LogP contribution < -0.4 is 0 Å². The van der Waals surface area contributed by atoms with Crippen LogP contribution in [0.5, 0.6) is 0 Å². The number of benzene rings is 8. The number of fused-ring (bicyclic) bond motifs is 1. The van der Waals surface area contributed by atoms with Gasteiger partial charge in [-0.1, -0.05) is 200 Å². The van der Waals surface area contributed by atoms with Crippen LogP contribution in [-0.4, -0.2) is 9.97 Å². The average Bonchev–Trinajstić information content (AvgIpc) is 3.32. The Hall–Kier alpha value is -7.68. The molecule has 2 nitrogen and oxygen atoms in total. The molecule has 0 unspecified atom stereocenters. The van der Waals surface area contributed by atoms with E-state index in [2.05, 4.69) is 224 Å². The van der Waals surface area contributed by atoms with Gasteiger partial charge in [-0.25, -0.2) is 9.97 Å². The molecule has 0 aliphatic heterocycles. The molecule has 58 heavy (non-hydrogen) atoms. The number of rotatable bonds is 8. The van der Waals surface area contributed by atoms with Gasteiger partial charge in [-0.15, -0.1) is 0 Å². The highest BCUT2D eigenvalue weighted by atomic mass is 14.7. The van der Waals surface area contributed by atoms with Crippen molar-refractivity contribution in [3.8, 4) is 89.4 Å². The van der Waals surface area contributed by atoms with E-state index < -0.39 is 0 Å². The third-order valence-electron chi connectivity index (χ3n) is 10.9. The number of pyridine rings is 2. The summed E-state index contributed by atoms with van der Waals surface area (Å²) in [5, 5.41) is 1.11. The summed E-state index contributed by atoms with van der Waals surface area (Å²) in [6.45, 7) is 0. The maximum atomic E-state index is 5.25. The average molecular weight is 739 g/mol. The lowest BCUT2D eigenvalue weighted by molar-refractivity contribution is 1.32. The predicted molar refractivity (Wildman–Crippen MR) is 243 cm³/mol. The minimum Gasteiger partial charge on any atom is -0.248 e. The molecular weight excluding hydrogens is 701 g/mol. The fourth-order valence-corrected chi connectivity index (χ4v) is 7.79. The molecule has 0 saturated carbocycles. The molecule has 2 aromatic heterocycles. The molecule has 0 saturated heterocycles. The van der Waals surface area contributed by atoms with Gasteiger partial charge in [0.05, 0.1) is 22.6 Å². The van der Waals surface area contributed by atoms with E-state index >= 15 is 0 Å². The first-order chi connectivity index (χ1) is 28.7. The Morgan fingerprint density at radius 1 is 0.207 bits per heavy atom. The summed E-state index contributed by atoms with van der Waals surface area (Å²) in [5.41, 5.74) is 18.7. The van der Waals surface area contributed by atoms with Crippen molar-refractivity contribution in [1.82, 2.24) is 9.97 Å². The third-order valence-corrected chi connectivity index (χ3v) is 10.9. The van der Waals surface area contributed by atoms with Gasteiger partial charge in [-0.05, 0) is 86.0 Å². The molecule has 0 amide bonds. The Morgan fingerprint density at radius 3 is 1.02 bits per heavy atom. The molecule has 0 fully saturated rings. The van der Waals surface area contributed by atoms with Gasteiger partial charge in [-0.2, -0.15) is 0 Å². The van der Waals surface area contributed by atoms with Crippen LogP contribution in [-0.2, 0) is 0 Å². The Labute approximate surface area is 339 Å². The summed E-state index contributed by atoms with van der Waals surface area (Å²) < 4.78 is 0. The van der Waals surface area contributed by atoms with Crippen LogP contribution in [0, 0.1) is 0 Å². The van der Waals surface area contributed by atoms with Gasteiger partial charge in [0.2, 0.25) is 0 Å². The zero-order chi connectivity index (χ0) is 38.7. The summed E-state index contributed by atoms with van der Waals surface area (Å²) in [5.74, 6) is 0. The summed E-state index contributed by atoms with van der Waals surface area (Å²) in [6.07, 6.45) is 0. The van der Waals surface area contributed by atoms with E-state index in [-0.39, 0.29) is 0 Å². The first-order valence-electron chi connectivity index (χ1n) is 19.7. The lowest BCUT2D eigenvalue weighted by atomic mass is 9.93. The quantitative estimate of drug-likeness (QED) is 0.155. The first-order valence-corrected chi connectivity index (χ1v) is 19.7. The molecule has 0 N–H and O–H groups in total. The van der Waals surface area contributed by atoms with E-state index in [0.717, 1.165) is 72.5 Å². The standard InChI is InChI=1S/C56H38N2/c1-5-13-39(14-6-1)42-21-23-44(24-22-42)49-33-34-53-52(35-49)51(38-56(57-53)48-29-25-43(26-30-48)40-15-7-2-8-16-40)45-27-31-47(32-28-45)55-37-50(41-17-9-3-10-18-41)36-54(58-55)46-19-11-4-12-20-46/h1-38H. The predicted octanol–water partition coefficient (Wildman–Crippen LogP) is 15.0. The van der Waals surface area contributed by atoms with Crippen LogP contribution in [0.25, 0.3) is 100 Å². The van der Waals surface area contributed by atoms with E-state index in [1.165, 1.54) is 27.8 Å². The van der Waals surface area contributed by atoms with Gasteiger partial charge < -0.3 is 0 Å². The SMILES string of the molecule is c1ccc(-c2ccc(-c3ccc4nc(-c5ccc(-c6ccccc6)cc5)cc(-c5ccc(-c6cc(-c7ccccc7)cc(-c7ccccc7)n6)cc5)c4c3)cc2)cc1.